The predicted octanol–water partition coefficient (Wildman–Crippen LogP) is 1.68. The van der Waals surface area contributed by atoms with Gasteiger partial charge >= 0.3 is 0 Å². The maximum absolute atomic E-state index is 12.9. The first-order chi connectivity index (χ1) is 12.6. The van der Waals surface area contributed by atoms with E-state index >= 15 is 0 Å². The number of benzene rings is 1. The number of aromatic nitrogens is 3. The van der Waals surface area contributed by atoms with Gasteiger partial charge in [0, 0.05) is 24.9 Å². The summed E-state index contributed by atoms with van der Waals surface area (Å²) in [4.78, 5) is 0. The Morgan fingerprint density at radius 1 is 1.27 bits per heavy atom. The third kappa shape index (κ3) is 3.22. The molecule has 1 fully saturated rings. The minimum atomic E-state index is -3.60. The van der Waals surface area contributed by atoms with Crippen LogP contribution in [-0.2, 0) is 26.9 Å². The molecule has 1 atom stereocenters. The highest BCUT2D eigenvalue weighted by Crippen LogP contribution is 2.26. The number of fused-ring (bicyclic) bond motifs is 1. The van der Waals surface area contributed by atoms with E-state index in [9.17, 15) is 8.42 Å². The largest absolute Gasteiger partial charge is 0.422 e. The van der Waals surface area contributed by atoms with Crippen molar-refractivity contribution in [3.8, 4) is 0 Å². The zero-order valence-electron chi connectivity index (χ0n) is 14.2. The van der Waals surface area contributed by atoms with Gasteiger partial charge in [0.1, 0.15) is 17.6 Å². The van der Waals surface area contributed by atoms with Crippen molar-refractivity contribution in [1.29, 1.82) is 0 Å². The minimum Gasteiger partial charge on any atom is -0.422 e. The lowest BCUT2D eigenvalue weighted by atomic mass is 10.2. The number of sulfonamides is 1. The Labute approximate surface area is 150 Å². The summed E-state index contributed by atoms with van der Waals surface area (Å²) >= 11 is 0. The molecule has 1 unspecified atom stereocenters. The molecule has 138 valence electrons. The van der Waals surface area contributed by atoms with Gasteiger partial charge in [0.25, 0.3) is 0 Å². The lowest BCUT2D eigenvalue weighted by Crippen LogP contribution is -2.42. The molecule has 0 amide bonds. The molecule has 0 saturated carbocycles. The Morgan fingerprint density at radius 3 is 2.92 bits per heavy atom. The Hall–Kier alpha value is -2.30. The fraction of sp³-hybridized carbons (Fsp3) is 0.438. The van der Waals surface area contributed by atoms with Crippen molar-refractivity contribution in [1.82, 2.24) is 19.7 Å². The summed E-state index contributed by atoms with van der Waals surface area (Å²) in [6.45, 7) is 2.55. The van der Waals surface area contributed by atoms with E-state index in [0.717, 1.165) is 0 Å². The van der Waals surface area contributed by atoms with Crippen LogP contribution in [0.1, 0.15) is 30.5 Å². The van der Waals surface area contributed by atoms with Crippen LogP contribution < -0.4 is 0 Å². The van der Waals surface area contributed by atoms with E-state index < -0.39 is 16.1 Å². The standard InChI is InChI=1S/C16H18N4O5S/c1-2-15-17-18-16(24-15)14-9-20(7-8-23-14)26(21,22)10-12-11-5-3-4-6-13(11)25-19-12/h3-6,14H,2,7-10H2,1H3. The number of ether oxygens (including phenoxy) is 1. The van der Waals surface area contributed by atoms with Gasteiger partial charge in [-0.25, -0.2) is 8.42 Å². The molecule has 1 aromatic carbocycles. The molecule has 0 N–H and O–H groups in total. The molecule has 0 spiro atoms. The summed E-state index contributed by atoms with van der Waals surface area (Å²) in [5.74, 6) is 0.562. The van der Waals surface area contributed by atoms with Crippen LogP contribution in [0.15, 0.2) is 33.2 Å². The van der Waals surface area contributed by atoms with Gasteiger partial charge in [-0.2, -0.15) is 4.31 Å². The molecule has 3 heterocycles. The third-order valence-electron chi connectivity index (χ3n) is 4.25. The van der Waals surface area contributed by atoms with Crippen LogP contribution in [0.2, 0.25) is 0 Å². The van der Waals surface area contributed by atoms with E-state index in [0.29, 0.717) is 34.9 Å². The first kappa shape index (κ1) is 17.1. The summed E-state index contributed by atoms with van der Waals surface area (Å²) < 4.78 is 43.4. The maximum Gasteiger partial charge on any atom is 0.246 e. The van der Waals surface area contributed by atoms with Gasteiger partial charge in [0.15, 0.2) is 5.58 Å². The Kier molecular flexibility index (Phi) is 4.47. The summed E-state index contributed by atoms with van der Waals surface area (Å²) in [6, 6.07) is 7.18. The zero-order chi connectivity index (χ0) is 18.1. The van der Waals surface area contributed by atoms with Crippen molar-refractivity contribution in [2.75, 3.05) is 19.7 Å². The lowest BCUT2D eigenvalue weighted by molar-refractivity contribution is -0.0178. The van der Waals surface area contributed by atoms with E-state index in [1.165, 1.54) is 4.31 Å². The van der Waals surface area contributed by atoms with Gasteiger partial charge in [0.05, 0.1) is 6.61 Å². The second-order valence-electron chi connectivity index (χ2n) is 5.99. The first-order valence-electron chi connectivity index (χ1n) is 8.32. The number of aryl methyl sites for hydroxylation is 1. The minimum absolute atomic E-state index is 0.128. The van der Waals surface area contributed by atoms with Gasteiger partial charge in [-0.15, -0.1) is 10.2 Å². The summed E-state index contributed by atoms with van der Waals surface area (Å²) in [5.41, 5.74) is 0.963. The quantitative estimate of drug-likeness (QED) is 0.659. The molecular formula is C16H18N4O5S. The topological polar surface area (TPSA) is 112 Å². The molecule has 4 rings (SSSR count). The molecule has 0 aliphatic carbocycles. The average Bonchev–Trinajstić information content (AvgIpc) is 3.29. The predicted molar refractivity (Wildman–Crippen MR) is 90.6 cm³/mol. The van der Waals surface area contributed by atoms with Crippen LogP contribution in [0.5, 0.6) is 0 Å². The second-order valence-corrected chi connectivity index (χ2v) is 7.96. The monoisotopic (exact) mass is 378 g/mol. The Morgan fingerprint density at radius 2 is 2.12 bits per heavy atom. The molecule has 9 nitrogen and oxygen atoms in total. The summed E-state index contributed by atoms with van der Waals surface area (Å²) in [5, 5.41) is 12.5. The van der Waals surface area contributed by atoms with Gasteiger partial charge in [-0.1, -0.05) is 24.2 Å². The van der Waals surface area contributed by atoms with E-state index in [-0.39, 0.29) is 25.4 Å². The molecule has 10 heteroatoms. The highest BCUT2D eigenvalue weighted by molar-refractivity contribution is 7.88. The van der Waals surface area contributed by atoms with Gasteiger partial charge in [-0.3, -0.25) is 0 Å². The van der Waals surface area contributed by atoms with E-state index in [1.807, 2.05) is 19.1 Å². The highest BCUT2D eigenvalue weighted by atomic mass is 32.2. The molecule has 1 aliphatic rings. The lowest BCUT2D eigenvalue weighted by Gasteiger charge is -2.30. The van der Waals surface area contributed by atoms with Crippen LogP contribution in [0.25, 0.3) is 11.0 Å². The summed E-state index contributed by atoms with van der Waals surface area (Å²) in [7, 11) is -3.60. The van der Waals surface area contributed by atoms with E-state index in [2.05, 4.69) is 15.4 Å². The van der Waals surface area contributed by atoms with Crippen molar-refractivity contribution >= 4 is 21.0 Å². The normalized spacial score (nSPS) is 19.2. The van der Waals surface area contributed by atoms with Gasteiger partial charge in [0.2, 0.25) is 21.8 Å². The van der Waals surface area contributed by atoms with Gasteiger partial charge in [-0.05, 0) is 12.1 Å². The molecule has 2 aromatic heterocycles. The molecular weight excluding hydrogens is 360 g/mol. The number of hydrogen-bond donors (Lipinski definition) is 0. The molecule has 0 bridgehead atoms. The molecule has 26 heavy (non-hydrogen) atoms. The van der Waals surface area contributed by atoms with Crippen molar-refractivity contribution in [3.05, 3.63) is 41.7 Å². The second kappa shape index (κ2) is 6.78. The summed E-state index contributed by atoms with van der Waals surface area (Å²) in [6.07, 6.45) is 0.0430. The number of rotatable bonds is 5. The van der Waals surface area contributed by atoms with Gasteiger partial charge < -0.3 is 13.7 Å². The number of hydrogen-bond acceptors (Lipinski definition) is 8. The van der Waals surface area contributed by atoms with Crippen LogP contribution in [0.3, 0.4) is 0 Å². The van der Waals surface area contributed by atoms with Crippen LogP contribution in [-0.4, -0.2) is 47.8 Å². The van der Waals surface area contributed by atoms with Crippen LogP contribution in [0.4, 0.5) is 0 Å². The average molecular weight is 378 g/mol. The molecule has 0 radical (unpaired) electrons. The van der Waals surface area contributed by atoms with E-state index in [4.69, 9.17) is 13.7 Å². The van der Waals surface area contributed by atoms with Crippen LogP contribution in [0, 0.1) is 0 Å². The maximum atomic E-state index is 12.9. The number of nitrogens with zero attached hydrogens (tertiary/aromatic N) is 4. The van der Waals surface area contributed by atoms with Crippen LogP contribution >= 0.6 is 0 Å². The van der Waals surface area contributed by atoms with Crippen molar-refractivity contribution in [3.63, 3.8) is 0 Å². The number of morpholine rings is 1. The van der Waals surface area contributed by atoms with Crippen molar-refractivity contribution in [2.45, 2.75) is 25.2 Å². The zero-order valence-corrected chi connectivity index (χ0v) is 15.0. The first-order valence-corrected chi connectivity index (χ1v) is 9.92. The van der Waals surface area contributed by atoms with E-state index in [1.54, 1.807) is 12.1 Å². The molecule has 1 aliphatic heterocycles. The fourth-order valence-electron chi connectivity index (χ4n) is 2.87. The highest BCUT2D eigenvalue weighted by Gasteiger charge is 2.34. The fourth-order valence-corrected chi connectivity index (χ4v) is 4.33. The smallest absolute Gasteiger partial charge is 0.246 e. The Bertz CT molecular complexity index is 1010. The number of para-hydroxylation sites is 1. The Balaban J connectivity index is 1.53. The molecule has 3 aromatic rings. The third-order valence-corrected chi connectivity index (χ3v) is 6.01. The molecule has 1 saturated heterocycles. The van der Waals surface area contributed by atoms with Crippen molar-refractivity contribution < 1.29 is 22.1 Å². The SMILES string of the molecule is CCc1nnc(C2CN(S(=O)(=O)Cc3noc4ccccc34)CCO2)o1. The van der Waals surface area contributed by atoms with Crippen molar-refractivity contribution in [2.24, 2.45) is 0 Å².